The first kappa shape index (κ1) is 17.9. The van der Waals surface area contributed by atoms with Crippen LogP contribution >= 0.6 is 0 Å². The van der Waals surface area contributed by atoms with Crippen molar-refractivity contribution in [3.8, 4) is 5.69 Å². The molecule has 0 atom stereocenters. The average Bonchev–Trinajstić information content (AvgIpc) is 2.90. The van der Waals surface area contributed by atoms with E-state index in [0.29, 0.717) is 0 Å². The van der Waals surface area contributed by atoms with Gasteiger partial charge in [-0.3, -0.25) is 9.41 Å². The summed E-state index contributed by atoms with van der Waals surface area (Å²) in [5.41, 5.74) is 3.94. The SMILES string of the molecule is Cc1ccc(C)c2[cH-]c(-n3cccc3)cc12.F.F.[Zr]. The van der Waals surface area contributed by atoms with Crippen molar-refractivity contribution in [2.75, 3.05) is 0 Å². The second-order valence-corrected chi connectivity index (χ2v) is 4.33. The Bertz CT molecular complexity index is 603. The van der Waals surface area contributed by atoms with Crippen LogP contribution in [0.1, 0.15) is 11.1 Å². The Morgan fingerprint density at radius 1 is 0.947 bits per heavy atom. The van der Waals surface area contributed by atoms with Crippen molar-refractivity contribution >= 4 is 10.8 Å². The summed E-state index contributed by atoms with van der Waals surface area (Å²) in [5.74, 6) is 0. The molecule has 19 heavy (non-hydrogen) atoms. The van der Waals surface area contributed by atoms with Crippen LogP contribution in [0.25, 0.3) is 16.5 Å². The molecule has 0 bridgehead atoms. The Morgan fingerprint density at radius 2 is 1.53 bits per heavy atom. The van der Waals surface area contributed by atoms with Crippen LogP contribution in [0.5, 0.6) is 0 Å². The second-order valence-electron chi connectivity index (χ2n) is 4.33. The molecule has 0 N–H and O–H groups in total. The van der Waals surface area contributed by atoms with Gasteiger partial charge in [0.15, 0.2) is 0 Å². The van der Waals surface area contributed by atoms with E-state index in [1.54, 1.807) is 0 Å². The van der Waals surface area contributed by atoms with Crippen molar-refractivity contribution in [1.82, 2.24) is 4.57 Å². The number of aryl methyl sites for hydroxylation is 2. The van der Waals surface area contributed by atoms with Gasteiger partial charge in [-0.15, -0.1) is 34.5 Å². The zero-order valence-corrected chi connectivity index (χ0v) is 13.3. The molecule has 2 aromatic carbocycles. The first-order chi connectivity index (χ1) is 7.75. The summed E-state index contributed by atoms with van der Waals surface area (Å²) in [7, 11) is 0. The molecular weight excluding hydrogens is 323 g/mol. The smallest absolute Gasteiger partial charge is 0.00705 e. The standard InChI is InChI=1S/C15H14N.2FH.Zr/c1-11-5-6-12(2)15-10-13(9-14(11)15)16-7-3-4-8-16;;;/h3-10H,1-2H3;2*1H;/q-1;;;. The van der Waals surface area contributed by atoms with E-state index >= 15 is 0 Å². The molecule has 0 aliphatic heterocycles. The van der Waals surface area contributed by atoms with Gasteiger partial charge in [-0.25, -0.2) is 0 Å². The summed E-state index contributed by atoms with van der Waals surface area (Å²) in [6.07, 6.45) is 4.16. The third-order valence-corrected chi connectivity index (χ3v) is 3.21. The molecule has 0 saturated carbocycles. The molecule has 0 unspecified atom stereocenters. The molecule has 0 fully saturated rings. The van der Waals surface area contributed by atoms with Gasteiger partial charge in [-0.2, -0.15) is 0 Å². The van der Waals surface area contributed by atoms with Crippen molar-refractivity contribution < 1.29 is 35.6 Å². The molecule has 1 heterocycles. The predicted octanol–water partition coefficient (Wildman–Crippen LogP) is 4.27. The van der Waals surface area contributed by atoms with Crippen molar-refractivity contribution in [1.29, 1.82) is 0 Å². The Balaban J connectivity index is 0.00000108. The molecule has 0 radical (unpaired) electrons. The zero-order chi connectivity index (χ0) is 11.1. The molecular formula is C15H16F2NZr-. The molecule has 0 saturated heterocycles. The van der Waals surface area contributed by atoms with Gasteiger partial charge in [-0.05, 0) is 24.7 Å². The van der Waals surface area contributed by atoms with E-state index < -0.39 is 0 Å². The third-order valence-electron chi connectivity index (χ3n) is 3.21. The van der Waals surface area contributed by atoms with E-state index in [0.717, 1.165) is 0 Å². The first-order valence-electron chi connectivity index (χ1n) is 5.56. The molecule has 100 valence electrons. The van der Waals surface area contributed by atoms with E-state index in [1.807, 2.05) is 0 Å². The fourth-order valence-corrected chi connectivity index (χ4v) is 2.23. The maximum Gasteiger partial charge on any atom is 0.00705 e. The van der Waals surface area contributed by atoms with Gasteiger partial charge in [-0.1, -0.05) is 18.6 Å². The topological polar surface area (TPSA) is 4.93 Å². The van der Waals surface area contributed by atoms with Crippen LogP contribution < -0.4 is 0 Å². The molecule has 0 aliphatic rings. The van der Waals surface area contributed by atoms with Crippen LogP contribution in [-0.2, 0) is 26.2 Å². The fourth-order valence-electron chi connectivity index (χ4n) is 2.23. The molecule has 1 nitrogen and oxygen atoms in total. The second kappa shape index (κ2) is 6.86. The third kappa shape index (κ3) is 3.06. The monoisotopic (exact) mass is 338 g/mol. The number of aromatic nitrogens is 1. The zero-order valence-electron chi connectivity index (χ0n) is 10.9. The van der Waals surface area contributed by atoms with E-state index in [2.05, 4.69) is 67.2 Å². The molecule has 0 amide bonds. The van der Waals surface area contributed by atoms with Crippen molar-refractivity contribution in [3.63, 3.8) is 0 Å². The molecule has 4 heteroatoms. The van der Waals surface area contributed by atoms with Crippen LogP contribution in [0.2, 0.25) is 0 Å². The summed E-state index contributed by atoms with van der Waals surface area (Å²) in [6.45, 7) is 4.34. The minimum absolute atomic E-state index is 0. The van der Waals surface area contributed by atoms with E-state index in [4.69, 9.17) is 0 Å². The predicted molar refractivity (Wildman–Crippen MR) is 73.3 cm³/mol. The molecule has 3 rings (SSSR count). The summed E-state index contributed by atoms with van der Waals surface area (Å²) >= 11 is 0. The van der Waals surface area contributed by atoms with E-state index in [-0.39, 0.29) is 35.6 Å². The largest absolute Gasteiger partial charge is 0.342 e. The number of nitrogens with zero attached hydrogens (tertiary/aromatic N) is 1. The van der Waals surface area contributed by atoms with Gasteiger partial charge < -0.3 is 4.57 Å². The van der Waals surface area contributed by atoms with Crippen molar-refractivity contribution in [2.24, 2.45) is 0 Å². The Kier molecular flexibility index (Phi) is 6.44. The number of rotatable bonds is 1. The molecule has 0 aliphatic carbocycles. The van der Waals surface area contributed by atoms with Gasteiger partial charge >= 0.3 is 0 Å². The van der Waals surface area contributed by atoms with Gasteiger partial charge in [0, 0.05) is 38.6 Å². The minimum Gasteiger partial charge on any atom is -0.342 e. The van der Waals surface area contributed by atoms with Gasteiger partial charge in [0.1, 0.15) is 0 Å². The summed E-state index contributed by atoms with van der Waals surface area (Å²) in [4.78, 5) is 0. The number of hydrogen-bond donors (Lipinski definition) is 0. The molecule has 0 spiro atoms. The summed E-state index contributed by atoms with van der Waals surface area (Å²) < 4.78 is 2.15. The van der Waals surface area contributed by atoms with Crippen LogP contribution in [-0.4, -0.2) is 4.57 Å². The van der Waals surface area contributed by atoms with Crippen LogP contribution in [0.4, 0.5) is 9.41 Å². The maximum absolute atomic E-state index is 2.26. The van der Waals surface area contributed by atoms with Crippen LogP contribution in [0.3, 0.4) is 0 Å². The average molecular weight is 340 g/mol. The number of benzene rings is 1. The van der Waals surface area contributed by atoms with Gasteiger partial charge in [0.25, 0.3) is 0 Å². The normalized spacial score (nSPS) is 9.37. The maximum atomic E-state index is 2.26. The minimum atomic E-state index is 0. The number of hydrogen-bond acceptors (Lipinski definition) is 0. The Morgan fingerprint density at radius 3 is 2.11 bits per heavy atom. The van der Waals surface area contributed by atoms with Gasteiger partial charge in [0.05, 0.1) is 0 Å². The fraction of sp³-hybridized carbons (Fsp3) is 0.133. The first-order valence-corrected chi connectivity index (χ1v) is 5.56. The Hall–Kier alpha value is -1.15. The van der Waals surface area contributed by atoms with E-state index in [9.17, 15) is 0 Å². The van der Waals surface area contributed by atoms with Crippen molar-refractivity contribution in [2.45, 2.75) is 13.8 Å². The quantitative estimate of drug-likeness (QED) is 0.584. The Labute approximate surface area is 130 Å². The van der Waals surface area contributed by atoms with E-state index in [1.165, 1.54) is 27.6 Å². The molecule has 1 aromatic heterocycles. The number of halogens is 2. The summed E-state index contributed by atoms with van der Waals surface area (Å²) in [6, 6.07) is 13.0. The van der Waals surface area contributed by atoms with Crippen LogP contribution in [0.15, 0.2) is 48.8 Å². The summed E-state index contributed by atoms with van der Waals surface area (Å²) in [5, 5.41) is 2.73. The van der Waals surface area contributed by atoms with Crippen molar-refractivity contribution in [3.05, 3.63) is 59.9 Å². The van der Waals surface area contributed by atoms with Gasteiger partial charge in [0.2, 0.25) is 0 Å². The molecule has 3 aromatic rings. The van der Waals surface area contributed by atoms with Crippen LogP contribution in [0, 0.1) is 13.8 Å². The number of fused-ring (bicyclic) bond motifs is 1.